The van der Waals surface area contributed by atoms with Gasteiger partial charge >= 0.3 is 0 Å². The van der Waals surface area contributed by atoms with Gasteiger partial charge in [0.1, 0.15) is 5.82 Å². The van der Waals surface area contributed by atoms with Crippen molar-refractivity contribution in [3.8, 4) is 11.1 Å². The first-order valence-corrected chi connectivity index (χ1v) is 14.9. The number of ether oxygens (including phenoxy) is 1. The molecule has 2 amide bonds. The summed E-state index contributed by atoms with van der Waals surface area (Å²) in [6.45, 7) is 6.00. The van der Waals surface area contributed by atoms with Gasteiger partial charge in [-0.1, -0.05) is 24.3 Å². The molecule has 2 heterocycles. The molecule has 2 fully saturated rings. The Morgan fingerprint density at radius 1 is 0.929 bits per heavy atom. The molecule has 1 N–H and O–H groups in total. The van der Waals surface area contributed by atoms with Crippen LogP contribution < -0.4 is 5.32 Å². The average Bonchev–Trinajstić information content (AvgIpc) is 3.74. The summed E-state index contributed by atoms with van der Waals surface area (Å²) in [5, 5.41) is 8.74. The van der Waals surface area contributed by atoms with Crippen molar-refractivity contribution >= 4 is 22.7 Å². The molecule has 42 heavy (non-hydrogen) atoms. The molecule has 7 nitrogen and oxygen atoms in total. The van der Waals surface area contributed by atoms with Crippen LogP contribution in [0, 0.1) is 24.6 Å². The van der Waals surface area contributed by atoms with Gasteiger partial charge in [0, 0.05) is 55.5 Å². The smallest absolute Gasteiger partial charge is 0.253 e. The zero-order valence-corrected chi connectivity index (χ0v) is 24.0. The molecule has 1 aromatic heterocycles. The predicted octanol–water partition coefficient (Wildman–Crippen LogP) is 5.86. The number of aryl methyl sites for hydroxylation is 1. The Bertz CT molecular complexity index is 1550. The maximum atomic E-state index is 13.2. The highest BCUT2D eigenvalue weighted by atomic mass is 19.1. The van der Waals surface area contributed by atoms with Gasteiger partial charge in [0.25, 0.3) is 11.8 Å². The van der Waals surface area contributed by atoms with Gasteiger partial charge in [0.15, 0.2) is 0 Å². The number of benzene rings is 3. The number of hydrogen-bond acceptors (Lipinski definition) is 4. The van der Waals surface area contributed by atoms with Crippen molar-refractivity contribution < 1.29 is 18.7 Å². The Labute approximate surface area is 245 Å². The zero-order valence-electron chi connectivity index (χ0n) is 24.0. The summed E-state index contributed by atoms with van der Waals surface area (Å²) in [7, 11) is 0. The average molecular weight is 569 g/mol. The van der Waals surface area contributed by atoms with Gasteiger partial charge in [-0.2, -0.15) is 5.10 Å². The number of carbonyl (C=O) groups is 2. The van der Waals surface area contributed by atoms with Crippen LogP contribution in [0.2, 0.25) is 0 Å². The van der Waals surface area contributed by atoms with Crippen LogP contribution in [0.5, 0.6) is 0 Å². The van der Waals surface area contributed by atoms with E-state index < -0.39 is 0 Å². The highest BCUT2D eigenvalue weighted by Gasteiger charge is 2.25. The molecule has 0 spiro atoms. The van der Waals surface area contributed by atoms with Crippen LogP contribution in [0.4, 0.5) is 4.39 Å². The Hall–Kier alpha value is -4.04. The normalized spacial score (nSPS) is 15.7. The lowest BCUT2D eigenvalue weighted by atomic mass is 9.96. The maximum Gasteiger partial charge on any atom is 0.253 e. The van der Waals surface area contributed by atoms with E-state index in [9.17, 15) is 14.0 Å². The molecule has 0 radical (unpaired) electrons. The summed E-state index contributed by atoms with van der Waals surface area (Å²) < 4.78 is 20.8. The van der Waals surface area contributed by atoms with E-state index in [0.29, 0.717) is 43.3 Å². The summed E-state index contributed by atoms with van der Waals surface area (Å²) in [5.41, 5.74) is 5.02. The minimum atomic E-state index is -0.264. The molecular weight excluding hydrogens is 531 g/mol. The Morgan fingerprint density at radius 2 is 1.62 bits per heavy atom. The lowest BCUT2D eigenvalue weighted by Gasteiger charge is -2.32. The van der Waals surface area contributed by atoms with Crippen molar-refractivity contribution in [2.24, 2.45) is 11.8 Å². The molecule has 6 rings (SSSR count). The Kier molecular flexibility index (Phi) is 8.33. The largest absolute Gasteiger partial charge is 0.379 e. The lowest BCUT2D eigenvalue weighted by molar-refractivity contribution is 0.0681. The van der Waals surface area contributed by atoms with Crippen LogP contribution in [0.3, 0.4) is 0 Å². The number of amides is 2. The van der Waals surface area contributed by atoms with Gasteiger partial charge < -0.3 is 15.0 Å². The summed E-state index contributed by atoms with van der Waals surface area (Å²) >= 11 is 0. The second-order valence-corrected chi connectivity index (χ2v) is 11.6. The number of aromatic nitrogens is 2. The topological polar surface area (TPSA) is 76.5 Å². The van der Waals surface area contributed by atoms with Gasteiger partial charge in [-0.15, -0.1) is 0 Å². The summed E-state index contributed by atoms with van der Waals surface area (Å²) in [5.74, 6) is 0.831. The molecule has 1 saturated carbocycles. The van der Waals surface area contributed by atoms with E-state index >= 15 is 0 Å². The van der Waals surface area contributed by atoms with Crippen molar-refractivity contribution in [3.05, 3.63) is 89.4 Å². The number of nitrogens with one attached hydrogen (secondary N) is 1. The van der Waals surface area contributed by atoms with E-state index in [4.69, 9.17) is 9.84 Å². The lowest BCUT2D eigenvalue weighted by Crippen LogP contribution is -2.39. The summed E-state index contributed by atoms with van der Waals surface area (Å²) in [6.07, 6.45) is 6.38. The van der Waals surface area contributed by atoms with Crippen LogP contribution in [0.15, 0.2) is 66.9 Å². The summed E-state index contributed by atoms with van der Waals surface area (Å²) in [4.78, 5) is 27.9. The number of piperidine rings is 1. The molecule has 3 aromatic carbocycles. The molecule has 0 atom stereocenters. The fourth-order valence-corrected chi connectivity index (χ4v) is 5.70. The molecule has 1 aliphatic carbocycles. The van der Waals surface area contributed by atoms with Crippen molar-refractivity contribution in [1.82, 2.24) is 20.0 Å². The van der Waals surface area contributed by atoms with E-state index in [0.717, 1.165) is 59.5 Å². The number of nitrogens with zero attached hydrogens (tertiary/aromatic N) is 3. The van der Waals surface area contributed by atoms with Crippen LogP contribution >= 0.6 is 0 Å². The molecule has 0 unspecified atom stereocenters. The van der Waals surface area contributed by atoms with Crippen molar-refractivity contribution in [1.29, 1.82) is 0 Å². The monoisotopic (exact) mass is 568 g/mol. The number of likely N-dealkylation sites (tertiary alicyclic amines) is 1. The predicted molar refractivity (Wildman–Crippen MR) is 161 cm³/mol. The summed E-state index contributed by atoms with van der Waals surface area (Å²) in [6, 6.07) is 17.7. The number of fused-ring (bicyclic) bond motifs is 1. The third kappa shape index (κ3) is 6.54. The van der Waals surface area contributed by atoms with Crippen LogP contribution in [-0.2, 0) is 11.3 Å². The van der Waals surface area contributed by atoms with E-state index in [1.807, 2.05) is 59.1 Å². The van der Waals surface area contributed by atoms with E-state index in [1.165, 1.54) is 25.0 Å². The van der Waals surface area contributed by atoms with E-state index in [-0.39, 0.29) is 17.6 Å². The quantitative estimate of drug-likeness (QED) is 0.243. The minimum Gasteiger partial charge on any atom is -0.379 e. The first-order valence-electron chi connectivity index (χ1n) is 14.9. The van der Waals surface area contributed by atoms with Gasteiger partial charge in [0.05, 0.1) is 12.1 Å². The molecule has 4 aromatic rings. The molecular formula is C34H37FN4O3. The number of rotatable bonds is 10. The number of halogens is 1. The first kappa shape index (κ1) is 28.1. The highest BCUT2D eigenvalue weighted by Crippen LogP contribution is 2.29. The van der Waals surface area contributed by atoms with Gasteiger partial charge in [0.2, 0.25) is 0 Å². The van der Waals surface area contributed by atoms with Gasteiger partial charge in [-0.05, 0) is 97.5 Å². The molecule has 1 saturated heterocycles. The zero-order chi connectivity index (χ0) is 29.1. The van der Waals surface area contributed by atoms with Crippen molar-refractivity contribution in [2.75, 3.05) is 32.8 Å². The Balaban J connectivity index is 1.01. The molecule has 2 aliphatic rings. The van der Waals surface area contributed by atoms with Gasteiger partial charge in [-0.3, -0.25) is 14.3 Å². The molecule has 0 bridgehead atoms. The van der Waals surface area contributed by atoms with Crippen LogP contribution in [0.25, 0.3) is 22.0 Å². The Morgan fingerprint density at radius 3 is 2.31 bits per heavy atom. The SMILES string of the molecule is Cc1c(C(=O)NCCOCC2CC2)ccc2nn(CC3CCN(C(=O)c4ccc(-c5ccc(F)cc5)cc4)CC3)cc12. The third-order valence-electron chi connectivity index (χ3n) is 8.49. The number of hydrogen-bond donors (Lipinski definition) is 1. The highest BCUT2D eigenvalue weighted by molar-refractivity contribution is 6.00. The number of carbonyl (C=O) groups excluding carboxylic acids is 2. The minimum absolute atomic E-state index is 0.0415. The first-order chi connectivity index (χ1) is 20.4. The van der Waals surface area contributed by atoms with E-state index in [2.05, 4.69) is 5.32 Å². The molecule has 1 aliphatic heterocycles. The molecule has 218 valence electrons. The fourth-order valence-electron chi connectivity index (χ4n) is 5.70. The molecule has 8 heteroatoms. The fraction of sp³-hybridized carbons (Fsp3) is 0.382. The third-order valence-corrected chi connectivity index (χ3v) is 8.49. The van der Waals surface area contributed by atoms with Crippen molar-refractivity contribution in [3.63, 3.8) is 0 Å². The van der Waals surface area contributed by atoms with Crippen LogP contribution in [-0.4, -0.2) is 59.3 Å². The van der Waals surface area contributed by atoms with E-state index in [1.54, 1.807) is 12.1 Å². The van der Waals surface area contributed by atoms with Crippen molar-refractivity contribution in [2.45, 2.75) is 39.2 Å². The second-order valence-electron chi connectivity index (χ2n) is 11.6. The standard InChI is InChI=1S/C34H37FN4O3/c1-23-30(33(40)36-16-19-42-22-25-2-3-25)12-13-32-31(23)21-39(37-32)20-24-14-17-38(18-15-24)34(41)28-6-4-26(5-7-28)27-8-10-29(35)11-9-27/h4-13,21,24-25H,2-3,14-20,22H2,1H3,(H,36,40). The van der Waals surface area contributed by atoms with Gasteiger partial charge in [-0.25, -0.2) is 4.39 Å². The second kappa shape index (κ2) is 12.4. The maximum absolute atomic E-state index is 13.2. The van der Waals surface area contributed by atoms with Crippen LogP contribution in [0.1, 0.15) is 52.0 Å².